The molecule has 28 heavy (non-hydrogen) atoms. The third-order valence-corrected chi connectivity index (χ3v) is 5.77. The maximum atomic E-state index is 15.5. The molecular formula is C23H21FN2OS. The van der Waals surface area contributed by atoms with E-state index in [1.165, 1.54) is 11.3 Å². The fourth-order valence-electron chi connectivity index (χ4n) is 3.29. The molecule has 0 radical (unpaired) electrons. The van der Waals surface area contributed by atoms with Gasteiger partial charge in [0.25, 0.3) is 0 Å². The minimum Gasteiger partial charge on any atom is -0.505 e. The molecule has 4 aromatic rings. The lowest BCUT2D eigenvalue weighted by Gasteiger charge is -2.19. The van der Waals surface area contributed by atoms with E-state index in [9.17, 15) is 5.11 Å². The minimum atomic E-state index is -0.400. The van der Waals surface area contributed by atoms with Gasteiger partial charge in [0.1, 0.15) is 11.3 Å². The van der Waals surface area contributed by atoms with Crippen molar-refractivity contribution in [2.75, 3.05) is 0 Å². The van der Waals surface area contributed by atoms with Crippen LogP contribution < -0.4 is 0 Å². The van der Waals surface area contributed by atoms with Crippen molar-refractivity contribution in [3.63, 3.8) is 0 Å². The number of pyridine rings is 1. The molecule has 0 atom stereocenters. The van der Waals surface area contributed by atoms with Crippen molar-refractivity contribution in [3.8, 4) is 28.1 Å². The molecule has 4 rings (SSSR count). The molecule has 0 aliphatic carbocycles. The number of hydrogen-bond acceptors (Lipinski definition) is 4. The van der Waals surface area contributed by atoms with Gasteiger partial charge in [0.15, 0.2) is 5.75 Å². The normalized spacial score (nSPS) is 11.9. The number of thiazole rings is 1. The van der Waals surface area contributed by atoms with Crippen LogP contribution >= 0.6 is 11.3 Å². The Balaban J connectivity index is 1.88. The van der Waals surface area contributed by atoms with Gasteiger partial charge in [-0.2, -0.15) is 0 Å². The summed E-state index contributed by atoms with van der Waals surface area (Å²) in [5.74, 6) is -0.392. The van der Waals surface area contributed by atoms with Crippen molar-refractivity contribution < 1.29 is 9.50 Å². The first-order chi connectivity index (χ1) is 13.3. The van der Waals surface area contributed by atoms with Gasteiger partial charge >= 0.3 is 0 Å². The van der Waals surface area contributed by atoms with Crippen LogP contribution in [0.3, 0.4) is 0 Å². The molecule has 0 saturated heterocycles. The highest BCUT2D eigenvalue weighted by Gasteiger charge is 2.19. The number of benzene rings is 2. The van der Waals surface area contributed by atoms with Crippen LogP contribution in [0.1, 0.15) is 31.3 Å². The molecule has 0 amide bonds. The van der Waals surface area contributed by atoms with Crippen LogP contribution in [0.25, 0.3) is 32.6 Å². The molecule has 5 heteroatoms. The van der Waals surface area contributed by atoms with Gasteiger partial charge in [0.05, 0.1) is 15.4 Å². The lowest BCUT2D eigenvalue weighted by atomic mass is 9.86. The Kier molecular flexibility index (Phi) is 4.42. The first-order valence-corrected chi connectivity index (χ1v) is 9.92. The number of nitrogens with zero attached hydrogens (tertiary/aromatic N) is 2. The van der Waals surface area contributed by atoms with E-state index in [1.54, 1.807) is 30.5 Å². The molecule has 2 aromatic heterocycles. The smallest absolute Gasteiger partial charge is 0.150 e. The number of phenolic OH excluding ortho intramolecular Hbond substituents is 1. The Bertz CT molecular complexity index is 1190. The Morgan fingerprint density at radius 3 is 2.50 bits per heavy atom. The van der Waals surface area contributed by atoms with Gasteiger partial charge < -0.3 is 5.11 Å². The Labute approximate surface area is 167 Å². The second kappa shape index (κ2) is 6.67. The zero-order valence-electron chi connectivity index (χ0n) is 16.2. The molecule has 0 bridgehead atoms. The number of aryl methyl sites for hydroxylation is 1. The van der Waals surface area contributed by atoms with Crippen molar-refractivity contribution in [1.29, 1.82) is 0 Å². The number of phenols is 1. The summed E-state index contributed by atoms with van der Waals surface area (Å²) in [6, 6.07) is 12.7. The van der Waals surface area contributed by atoms with Crippen molar-refractivity contribution in [1.82, 2.24) is 9.97 Å². The van der Waals surface area contributed by atoms with Gasteiger partial charge in [-0.3, -0.25) is 4.98 Å². The number of fused-ring (bicyclic) bond motifs is 1. The molecule has 3 nitrogen and oxygen atoms in total. The summed E-state index contributed by atoms with van der Waals surface area (Å²) in [6.45, 7) is 8.23. The molecule has 142 valence electrons. The third-order valence-electron chi connectivity index (χ3n) is 4.83. The second-order valence-corrected chi connectivity index (χ2v) is 9.12. The van der Waals surface area contributed by atoms with E-state index in [4.69, 9.17) is 0 Å². The average Bonchev–Trinajstić information content (AvgIpc) is 3.03. The Morgan fingerprint density at radius 1 is 1.00 bits per heavy atom. The van der Waals surface area contributed by atoms with Gasteiger partial charge in [-0.15, -0.1) is 11.3 Å². The van der Waals surface area contributed by atoms with E-state index in [1.807, 2.05) is 25.1 Å². The van der Waals surface area contributed by atoms with Crippen LogP contribution in [0, 0.1) is 12.7 Å². The lowest BCUT2D eigenvalue weighted by Crippen LogP contribution is -2.11. The molecule has 0 spiro atoms. The van der Waals surface area contributed by atoms with E-state index in [0.29, 0.717) is 27.9 Å². The van der Waals surface area contributed by atoms with E-state index in [0.717, 1.165) is 15.3 Å². The lowest BCUT2D eigenvalue weighted by molar-refractivity contribution is 0.482. The van der Waals surface area contributed by atoms with Crippen LogP contribution in [0.5, 0.6) is 5.75 Å². The first kappa shape index (κ1) is 18.6. The summed E-state index contributed by atoms with van der Waals surface area (Å²) >= 11 is 1.50. The van der Waals surface area contributed by atoms with Crippen LogP contribution in [0.15, 0.2) is 48.7 Å². The first-order valence-electron chi connectivity index (χ1n) is 9.10. The molecular weight excluding hydrogens is 371 g/mol. The zero-order valence-corrected chi connectivity index (χ0v) is 17.1. The van der Waals surface area contributed by atoms with Crippen molar-refractivity contribution >= 4 is 21.6 Å². The number of rotatable bonds is 2. The fraction of sp³-hybridized carbons (Fsp3) is 0.217. The van der Waals surface area contributed by atoms with Crippen LogP contribution in [0.2, 0.25) is 0 Å². The summed E-state index contributed by atoms with van der Waals surface area (Å²) in [7, 11) is 0. The molecule has 0 aliphatic rings. The summed E-state index contributed by atoms with van der Waals surface area (Å²) in [5, 5.41) is 11.6. The van der Waals surface area contributed by atoms with E-state index in [-0.39, 0.29) is 11.2 Å². The van der Waals surface area contributed by atoms with Gasteiger partial charge in [0, 0.05) is 22.9 Å². The monoisotopic (exact) mass is 392 g/mol. The van der Waals surface area contributed by atoms with Gasteiger partial charge in [0.2, 0.25) is 0 Å². The Morgan fingerprint density at radius 2 is 1.75 bits per heavy atom. The molecule has 0 saturated carbocycles. The quantitative estimate of drug-likeness (QED) is 0.425. The van der Waals surface area contributed by atoms with Crippen LogP contribution in [-0.2, 0) is 5.41 Å². The number of aromatic hydroxyl groups is 1. The van der Waals surface area contributed by atoms with E-state index >= 15 is 4.39 Å². The predicted octanol–water partition coefficient (Wildman–Crippen LogP) is 6.48. The standard InChI is InChI=1S/C23H21FN2OS/c1-13-26-21-19(28-13)9-8-16(22(21)27)15-6-5-7-17(20(15)24)18-12-14(10-11-25-18)23(2,3)4/h5-12,27H,1-4H3. The predicted molar refractivity (Wildman–Crippen MR) is 113 cm³/mol. The van der Waals surface area contributed by atoms with Gasteiger partial charge in [-0.1, -0.05) is 32.9 Å². The Hall–Kier alpha value is -2.79. The molecule has 0 aliphatic heterocycles. The number of halogens is 1. The van der Waals surface area contributed by atoms with Crippen LogP contribution in [0.4, 0.5) is 4.39 Å². The van der Waals surface area contributed by atoms with Crippen LogP contribution in [-0.4, -0.2) is 15.1 Å². The molecule has 0 fully saturated rings. The molecule has 2 aromatic carbocycles. The molecule has 2 heterocycles. The number of aromatic nitrogens is 2. The van der Waals surface area contributed by atoms with Crippen molar-refractivity contribution in [3.05, 3.63) is 65.0 Å². The summed E-state index contributed by atoms with van der Waals surface area (Å²) in [6.07, 6.45) is 1.71. The highest BCUT2D eigenvalue weighted by molar-refractivity contribution is 7.18. The highest BCUT2D eigenvalue weighted by atomic mass is 32.1. The maximum Gasteiger partial charge on any atom is 0.150 e. The summed E-state index contributed by atoms with van der Waals surface area (Å²) < 4.78 is 16.4. The zero-order chi connectivity index (χ0) is 20.1. The second-order valence-electron chi connectivity index (χ2n) is 7.89. The van der Waals surface area contributed by atoms with Gasteiger partial charge in [-0.05, 0) is 48.2 Å². The van der Waals surface area contributed by atoms with E-state index in [2.05, 4.69) is 30.7 Å². The third kappa shape index (κ3) is 3.16. The largest absolute Gasteiger partial charge is 0.505 e. The van der Waals surface area contributed by atoms with Crippen molar-refractivity contribution in [2.45, 2.75) is 33.1 Å². The average molecular weight is 392 g/mol. The highest BCUT2D eigenvalue weighted by Crippen LogP contribution is 2.40. The summed E-state index contributed by atoms with van der Waals surface area (Å²) in [4.78, 5) is 8.76. The van der Waals surface area contributed by atoms with Crippen molar-refractivity contribution in [2.24, 2.45) is 0 Å². The fourth-order valence-corrected chi connectivity index (χ4v) is 4.12. The minimum absolute atomic E-state index is 0.00861. The topological polar surface area (TPSA) is 46.0 Å². The van der Waals surface area contributed by atoms with E-state index < -0.39 is 5.82 Å². The molecule has 0 unspecified atom stereocenters. The SMILES string of the molecule is Cc1nc2c(O)c(-c3cccc(-c4cc(C(C)(C)C)ccn4)c3F)ccc2s1. The number of hydrogen-bond donors (Lipinski definition) is 1. The summed E-state index contributed by atoms with van der Waals surface area (Å²) in [5.41, 5.74) is 3.31. The maximum absolute atomic E-state index is 15.5. The van der Waals surface area contributed by atoms with Gasteiger partial charge in [-0.25, -0.2) is 9.37 Å². The molecule has 1 N–H and O–H groups in total.